The Balaban J connectivity index is 2.88. The van der Waals surface area contributed by atoms with Gasteiger partial charge in [-0.15, -0.1) is 0 Å². The molecule has 0 radical (unpaired) electrons. The molecule has 0 aromatic heterocycles. The third-order valence-corrected chi connectivity index (χ3v) is 4.03. The highest BCUT2D eigenvalue weighted by Crippen LogP contribution is 2.11. The van der Waals surface area contributed by atoms with Gasteiger partial charge in [-0.25, -0.2) is 0 Å². The van der Waals surface area contributed by atoms with Crippen molar-refractivity contribution in [1.82, 2.24) is 0 Å². The van der Waals surface area contributed by atoms with Gasteiger partial charge in [0.2, 0.25) is 0 Å². The van der Waals surface area contributed by atoms with E-state index in [1.807, 2.05) is 6.08 Å². The molecule has 6 heteroatoms. The van der Waals surface area contributed by atoms with Crippen LogP contribution in [0.15, 0.2) is 12.2 Å². The van der Waals surface area contributed by atoms with Gasteiger partial charge in [-0.1, -0.05) is 37.2 Å². The van der Waals surface area contributed by atoms with Crippen molar-refractivity contribution in [1.29, 1.82) is 0 Å². The van der Waals surface area contributed by atoms with Crippen LogP contribution in [-0.2, 0) is 28.5 Å². The number of rotatable bonds is 6. The van der Waals surface area contributed by atoms with E-state index in [-0.39, 0.29) is 25.7 Å². The molecule has 28 heavy (non-hydrogen) atoms. The maximum Gasteiger partial charge on any atom is 0.306 e. The molecule has 0 N–H and O–H groups in total. The van der Waals surface area contributed by atoms with Gasteiger partial charge in [0.1, 0.15) is 25.8 Å². The number of carbonyl (C=O) groups is 1. The fraction of sp³-hybridized carbons (Fsp3) is 0.682. The summed E-state index contributed by atoms with van der Waals surface area (Å²) >= 11 is 0. The van der Waals surface area contributed by atoms with E-state index in [0.29, 0.717) is 6.42 Å². The molecule has 1 aliphatic heterocycles. The van der Waals surface area contributed by atoms with E-state index in [1.54, 1.807) is 14.0 Å². The maximum atomic E-state index is 12.0. The molecule has 1 rings (SSSR count). The molecule has 3 atom stereocenters. The summed E-state index contributed by atoms with van der Waals surface area (Å²) in [5, 5.41) is 0. The van der Waals surface area contributed by atoms with E-state index < -0.39 is 12.2 Å². The summed E-state index contributed by atoms with van der Waals surface area (Å²) in [4.78, 5) is 12.0. The largest absolute Gasteiger partial charge is 0.459 e. The predicted octanol–water partition coefficient (Wildman–Crippen LogP) is 3.20. The molecule has 0 aromatic carbocycles. The van der Waals surface area contributed by atoms with E-state index in [4.69, 9.17) is 23.7 Å². The first-order valence-electron chi connectivity index (χ1n) is 9.75. The Hall–Kier alpha value is -1.83. The van der Waals surface area contributed by atoms with Crippen molar-refractivity contribution in [2.24, 2.45) is 0 Å². The van der Waals surface area contributed by atoms with E-state index >= 15 is 0 Å². The minimum atomic E-state index is -0.619. The average Bonchev–Trinajstić information content (AvgIpc) is 2.68. The highest BCUT2D eigenvalue weighted by molar-refractivity contribution is 5.69. The summed E-state index contributed by atoms with van der Waals surface area (Å²) < 4.78 is 26.4. The molecule has 0 aliphatic carbocycles. The lowest BCUT2D eigenvalue weighted by Crippen LogP contribution is -2.30. The molecule has 0 fully saturated rings. The van der Waals surface area contributed by atoms with E-state index in [2.05, 4.69) is 29.8 Å². The number of carbonyl (C=O) groups excluding carboxylic acids is 1. The Morgan fingerprint density at radius 2 is 1.68 bits per heavy atom. The third kappa shape index (κ3) is 11.8. The van der Waals surface area contributed by atoms with Crippen molar-refractivity contribution < 1.29 is 28.5 Å². The second kappa shape index (κ2) is 16.2. The van der Waals surface area contributed by atoms with Crippen molar-refractivity contribution >= 4 is 5.97 Å². The second-order valence-corrected chi connectivity index (χ2v) is 6.46. The van der Waals surface area contributed by atoms with Crippen LogP contribution in [0.3, 0.4) is 0 Å². The number of hydrogen-bond acceptors (Lipinski definition) is 6. The van der Waals surface area contributed by atoms with Crippen LogP contribution in [0, 0.1) is 23.7 Å². The molecule has 0 saturated heterocycles. The zero-order chi connectivity index (χ0) is 20.5. The highest BCUT2D eigenvalue weighted by Gasteiger charge is 2.20. The van der Waals surface area contributed by atoms with Gasteiger partial charge in [0.25, 0.3) is 0 Å². The van der Waals surface area contributed by atoms with Crippen LogP contribution in [0.4, 0.5) is 0 Å². The first kappa shape index (κ1) is 24.2. The monoisotopic (exact) mass is 392 g/mol. The summed E-state index contributed by atoms with van der Waals surface area (Å²) in [6, 6.07) is 0. The Labute approximate surface area is 168 Å². The maximum absolute atomic E-state index is 12.0. The fourth-order valence-electron chi connectivity index (χ4n) is 2.55. The van der Waals surface area contributed by atoms with Crippen LogP contribution < -0.4 is 0 Å². The Morgan fingerprint density at radius 1 is 1.00 bits per heavy atom. The Bertz CT molecular complexity index is 577. The predicted molar refractivity (Wildman–Crippen MR) is 106 cm³/mol. The van der Waals surface area contributed by atoms with Crippen molar-refractivity contribution in [2.45, 2.75) is 70.2 Å². The molecule has 0 saturated carbocycles. The quantitative estimate of drug-likeness (QED) is 0.299. The molecule has 0 spiro atoms. The summed E-state index contributed by atoms with van der Waals surface area (Å²) in [7, 11) is 3.09. The van der Waals surface area contributed by atoms with Crippen LogP contribution in [0.2, 0.25) is 0 Å². The van der Waals surface area contributed by atoms with Crippen LogP contribution in [0.5, 0.6) is 0 Å². The lowest BCUT2D eigenvalue weighted by atomic mass is 10.1. The lowest BCUT2D eigenvalue weighted by Gasteiger charge is -2.19. The second-order valence-electron chi connectivity index (χ2n) is 6.46. The van der Waals surface area contributed by atoms with Gasteiger partial charge in [-0.2, -0.15) is 0 Å². The zero-order valence-electron chi connectivity index (χ0n) is 17.2. The molecule has 1 aliphatic rings. The van der Waals surface area contributed by atoms with E-state index in [1.165, 1.54) is 7.11 Å². The summed E-state index contributed by atoms with van der Waals surface area (Å²) in [5.41, 5.74) is 0. The number of cyclic esters (lactones) is 1. The van der Waals surface area contributed by atoms with Crippen LogP contribution in [-0.4, -0.2) is 52.1 Å². The van der Waals surface area contributed by atoms with Gasteiger partial charge in [0.15, 0.2) is 6.10 Å². The third-order valence-electron chi connectivity index (χ3n) is 4.03. The summed E-state index contributed by atoms with van der Waals surface area (Å²) in [6.45, 7) is 1.96. The minimum absolute atomic E-state index is 0.0526. The average molecular weight is 392 g/mol. The van der Waals surface area contributed by atoms with E-state index in [9.17, 15) is 4.79 Å². The first-order chi connectivity index (χ1) is 13.7. The lowest BCUT2D eigenvalue weighted by molar-refractivity contribution is -0.158. The first-order valence-corrected chi connectivity index (χ1v) is 9.75. The number of ether oxygens (including phenoxy) is 5. The normalized spacial score (nSPS) is 25.8. The SMILES string of the molecule is COCOC1C#CC#CC(OCOC)[C@@H](C)OC(=O)CCCCCCC/C=C\1. The molecular formula is C22H32O6. The van der Waals surface area contributed by atoms with Crippen LogP contribution in [0.1, 0.15) is 51.9 Å². The molecule has 6 nitrogen and oxygen atoms in total. The number of esters is 1. The molecule has 0 amide bonds. The highest BCUT2D eigenvalue weighted by atomic mass is 16.7. The molecule has 0 aromatic rings. The molecule has 1 heterocycles. The molecular weight excluding hydrogens is 360 g/mol. The van der Waals surface area contributed by atoms with Gasteiger partial charge >= 0.3 is 5.97 Å². The smallest absolute Gasteiger partial charge is 0.306 e. The summed E-state index contributed by atoms with van der Waals surface area (Å²) in [5.74, 6) is 11.2. The molecule has 156 valence electrons. The van der Waals surface area contributed by atoms with Crippen molar-refractivity contribution in [3.63, 3.8) is 0 Å². The fourth-order valence-corrected chi connectivity index (χ4v) is 2.55. The molecule has 2 unspecified atom stereocenters. The topological polar surface area (TPSA) is 63.2 Å². The Kier molecular flexibility index (Phi) is 14.0. The van der Waals surface area contributed by atoms with Gasteiger partial charge in [-0.05, 0) is 44.1 Å². The van der Waals surface area contributed by atoms with Gasteiger partial charge < -0.3 is 23.7 Å². The molecule has 0 bridgehead atoms. The van der Waals surface area contributed by atoms with Crippen LogP contribution in [0.25, 0.3) is 0 Å². The van der Waals surface area contributed by atoms with Gasteiger partial charge in [-0.3, -0.25) is 4.79 Å². The van der Waals surface area contributed by atoms with Crippen molar-refractivity contribution in [3.05, 3.63) is 12.2 Å². The standard InChI is InChI=1S/C22H32O6/c1-19-21(27-18-25-3)15-12-11-14-20(26-17-24-2)13-9-7-5-4-6-8-10-16-22(23)28-19/h9,13,19-21H,4-8,10,16-18H2,1-3H3/b13-9-/t19-,20?,21?/m1/s1. The van der Waals surface area contributed by atoms with Crippen molar-refractivity contribution in [2.75, 3.05) is 27.8 Å². The number of methoxy groups -OCH3 is 2. The number of allylic oxidation sites excluding steroid dienone is 1. The van der Waals surface area contributed by atoms with E-state index in [0.717, 1.165) is 38.5 Å². The number of hydrogen-bond donors (Lipinski definition) is 0. The van der Waals surface area contributed by atoms with Gasteiger partial charge in [0, 0.05) is 20.6 Å². The van der Waals surface area contributed by atoms with Crippen molar-refractivity contribution in [3.8, 4) is 23.7 Å². The minimum Gasteiger partial charge on any atom is -0.459 e. The van der Waals surface area contributed by atoms with Gasteiger partial charge in [0.05, 0.1) is 0 Å². The zero-order valence-corrected chi connectivity index (χ0v) is 17.2. The van der Waals surface area contributed by atoms with Crippen LogP contribution >= 0.6 is 0 Å². The Morgan fingerprint density at radius 3 is 2.46 bits per heavy atom. The summed E-state index contributed by atoms with van der Waals surface area (Å²) in [6.07, 6.45) is 9.03.